The van der Waals surface area contributed by atoms with Gasteiger partial charge >= 0.3 is 0 Å². The molecule has 1 heterocycles. The highest BCUT2D eigenvalue weighted by molar-refractivity contribution is 9.10. The van der Waals surface area contributed by atoms with Crippen LogP contribution >= 0.6 is 15.9 Å². The Hall–Kier alpha value is -1.85. The monoisotopic (exact) mass is 404 g/mol. The normalized spacial score (nSPS) is 15.5. The number of hydrogen-bond acceptors (Lipinski definition) is 3. The molecule has 2 aromatic carbocycles. The smallest absolute Gasteiger partial charge is 0.172 e. The van der Waals surface area contributed by atoms with Crippen LogP contribution in [0.4, 0.5) is 0 Å². The molecule has 0 saturated heterocycles. The maximum atomic E-state index is 11.6. The number of para-hydroxylation sites is 1. The van der Waals surface area contributed by atoms with Gasteiger partial charge in [0.2, 0.25) is 0 Å². The summed E-state index contributed by atoms with van der Waals surface area (Å²) in [6.45, 7) is 1.92. The number of rotatable bonds is 4. The van der Waals surface area contributed by atoms with Gasteiger partial charge in [-0.15, -0.1) is 0 Å². The van der Waals surface area contributed by atoms with Crippen LogP contribution in [-0.2, 0) is 15.5 Å². The predicted octanol–water partition coefficient (Wildman–Crippen LogP) is 5.26. The first-order valence-electron chi connectivity index (χ1n) is 7.48. The lowest BCUT2D eigenvalue weighted by Gasteiger charge is -2.21. The number of allylic oxidation sites excluding steroid dienone is 2. The highest BCUT2D eigenvalue weighted by Crippen LogP contribution is 2.34. The molecule has 5 heteroatoms. The molecule has 0 bridgehead atoms. The van der Waals surface area contributed by atoms with Crippen molar-refractivity contribution >= 4 is 32.5 Å². The van der Waals surface area contributed by atoms with Gasteiger partial charge in [-0.05, 0) is 65.3 Å². The van der Waals surface area contributed by atoms with Gasteiger partial charge in [-0.25, -0.2) is 0 Å². The molecule has 0 saturated carbocycles. The lowest BCUT2D eigenvalue weighted by molar-refractivity contribution is 0.322. The van der Waals surface area contributed by atoms with Gasteiger partial charge in [-0.1, -0.05) is 12.1 Å². The van der Waals surface area contributed by atoms with Gasteiger partial charge in [-0.3, -0.25) is 4.21 Å². The fourth-order valence-electron chi connectivity index (χ4n) is 2.35. The Labute approximate surface area is 152 Å². The lowest BCUT2D eigenvalue weighted by atomic mass is 10.1. The fraction of sp³-hybridized carbons (Fsp3) is 0.158. The van der Waals surface area contributed by atoms with Crippen LogP contribution in [0.15, 0.2) is 75.5 Å². The van der Waals surface area contributed by atoms with E-state index in [-0.39, 0.29) is 0 Å². The van der Waals surface area contributed by atoms with Gasteiger partial charge in [0.25, 0.3) is 0 Å². The first-order chi connectivity index (χ1) is 11.5. The van der Waals surface area contributed by atoms with E-state index in [1.807, 2.05) is 61.5 Å². The second-order valence-electron chi connectivity index (χ2n) is 5.38. The minimum Gasteiger partial charge on any atom is -0.458 e. The number of benzene rings is 2. The average molecular weight is 405 g/mol. The van der Waals surface area contributed by atoms with Gasteiger partial charge < -0.3 is 9.47 Å². The van der Waals surface area contributed by atoms with Crippen molar-refractivity contribution in [2.45, 2.75) is 18.2 Å². The van der Waals surface area contributed by atoms with E-state index in [1.165, 1.54) is 0 Å². The molecule has 3 nitrogen and oxygen atoms in total. The summed E-state index contributed by atoms with van der Waals surface area (Å²) < 4.78 is 24.4. The van der Waals surface area contributed by atoms with E-state index in [0.717, 1.165) is 32.2 Å². The van der Waals surface area contributed by atoms with E-state index in [4.69, 9.17) is 9.47 Å². The Morgan fingerprint density at radius 3 is 2.50 bits per heavy atom. The topological polar surface area (TPSA) is 35.5 Å². The van der Waals surface area contributed by atoms with E-state index in [9.17, 15) is 4.21 Å². The Morgan fingerprint density at radius 1 is 1.12 bits per heavy atom. The Balaban J connectivity index is 1.97. The van der Waals surface area contributed by atoms with Crippen LogP contribution in [0.3, 0.4) is 0 Å². The third-order valence-electron chi connectivity index (χ3n) is 3.61. The van der Waals surface area contributed by atoms with E-state index < -0.39 is 10.8 Å². The summed E-state index contributed by atoms with van der Waals surface area (Å²) in [5, 5.41) is 0. The zero-order valence-corrected chi connectivity index (χ0v) is 15.8. The molecule has 3 rings (SSSR count). The minimum absolute atomic E-state index is 0.657. The van der Waals surface area contributed by atoms with Gasteiger partial charge in [0.05, 0.1) is 10.2 Å². The fourth-order valence-corrected chi connectivity index (χ4v) is 3.24. The molecule has 0 aromatic heterocycles. The largest absolute Gasteiger partial charge is 0.458 e. The minimum atomic E-state index is -0.998. The number of ether oxygens (including phenoxy) is 2. The standard InChI is InChI=1S/C19H17BrO3S/c1-13-7-12-18(23-17-6-4-3-5-16(17)20)19(22-13)14-8-10-15(11-9-14)24(2)21/h3-11H,12H2,1-2H3. The molecular formula is C19H17BrO3S. The Morgan fingerprint density at radius 2 is 1.83 bits per heavy atom. The first kappa shape index (κ1) is 17.0. The summed E-state index contributed by atoms with van der Waals surface area (Å²) in [4.78, 5) is 0.788. The Kier molecular flexibility index (Phi) is 5.21. The van der Waals surface area contributed by atoms with Crippen LogP contribution < -0.4 is 4.74 Å². The maximum absolute atomic E-state index is 11.6. The van der Waals surface area contributed by atoms with Crippen molar-refractivity contribution in [3.63, 3.8) is 0 Å². The van der Waals surface area contributed by atoms with Crippen molar-refractivity contribution in [3.05, 3.63) is 76.2 Å². The van der Waals surface area contributed by atoms with Crippen molar-refractivity contribution in [2.75, 3.05) is 6.26 Å². The predicted molar refractivity (Wildman–Crippen MR) is 99.9 cm³/mol. The highest BCUT2D eigenvalue weighted by Gasteiger charge is 2.19. The zero-order valence-electron chi connectivity index (χ0n) is 13.4. The molecular weight excluding hydrogens is 388 g/mol. The third kappa shape index (κ3) is 3.79. The van der Waals surface area contributed by atoms with Crippen LogP contribution in [0.1, 0.15) is 18.9 Å². The van der Waals surface area contributed by atoms with Crippen molar-refractivity contribution in [1.82, 2.24) is 0 Å². The van der Waals surface area contributed by atoms with Gasteiger partial charge in [0, 0.05) is 33.9 Å². The molecule has 1 aliphatic rings. The lowest BCUT2D eigenvalue weighted by Crippen LogP contribution is -2.07. The van der Waals surface area contributed by atoms with Gasteiger partial charge in [0.1, 0.15) is 5.75 Å². The summed E-state index contributed by atoms with van der Waals surface area (Å²) in [5.41, 5.74) is 0.902. The molecule has 24 heavy (non-hydrogen) atoms. The molecule has 2 aromatic rings. The molecule has 0 spiro atoms. The van der Waals surface area contributed by atoms with Crippen LogP contribution in [0.2, 0.25) is 0 Å². The average Bonchev–Trinajstić information content (AvgIpc) is 2.58. The summed E-state index contributed by atoms with van der Waals surface area (Å²) in [7, 11) is -0.998. The van der Waals surface area contributed by atoms with E-state index in [1.54, 1.807) is 6.26 Å². The second-order valence-corrected chi connectivity index (χ2v) is 7.62. The molecule has 1 unspecified atom stereocenters. The van der Waals surface area contributed by atoms with Crippen LogP contribution in [-0.4, -0.2) is 10.5 Å². The number of hydrogen-bond donors (Lipinski definition) is 0. The quantitative estimate of drug-likeness (QED) is 0.696. The molecule has 1 atom stereocenters. The van der Waals surface area contributed by atoms with Gasteiger partial charge in [0.15, 0.2) is 11.5 Å². The zero-order chi connectivity index (χ0) is 17.1. The van der Waals surface area contributed by atoms with Crippen molar-refractivity contribution < 1.29 is 13.7 Å². The molecule has 124 valence electrons. The summed E-state index contributed by atoms with van der Waals surface area (Å²) >= 11 is 3.50. The SMILES string of the molecule is CC1=CCC(Oc2ccccc2Br)=C(c2ccc(S(C)=O)cc2)O1. The first-order valence-corrected chi connectivity index (χ1v) is 9.83. The van der Waals surface area contributed by atoms with Crippen molar-refractivity contribution in [3.8, 4) is 5.75 Å². The van der Waals surface area contributed by atoms with Crippen LogP contribution in [0.5, 0.6) is 5.75 Å². The summed E-state index contributed by atoms with van der Waals surface area (Å²) in [6, 6.07) is 15.2. The molecule has 0 N–H and O–H groups in total. The van der Waals surface area contributed by atoms with Gasteiger partial charge in [-0.2, -0.15) is 0 Å². The highest BCUT2D eigenvalue weighted by atomic mass is 79.9. The van der Waals surface area contributed by atoms with E-state index in [2.05, 4.69) is 15.9 Å². The second kappa shape index (κ2) is 7.36. The maximum Gasteiger partial charge on any atom is 0.172 e. The van der Waals surface area contributed by atoms with Crippen LogP contribution in [0, 0.1) is 0 Å². The molecule has 1 aliphatic heterocycles. The molecule has 0 amide bonds. The van der Waals surface area contributed by atoms with Crippen molar-refractivity contribution in [2.24, 2.45) is 0 Å². The van der Waals surface area contributed by atoms with Crippen LogP contribution in [0.25, 0.3) is 5.76 Å². The van der Waals surface area contributed by atoms with E-state index >= 15 is 0 Å². The van der Waals surface area contributed by atoms with E-state index in [0.29, 0.717) is 12.2 Å². The molecule has 0 radical (unpaired) electrons. The third-order valence-corrected chi connectivity index (χ3v) is 5.20. The summed E-state index contributed by atoms with van der Waals surface area (Å²) in [5.74, 6) is 3.03. The molecule has 0 aliphatic carbocycles. The summed E-state index contributed by atoms with van der Waals surface area (Å²) in [6.07, 6.45) is 4.31. The van der Waals surface area contributed by atoms with Crippen molar-refractivity contribution in [1.29, 1.82) is 0 Å². The number of halogens is 1. The Bertz CT molecular complexity index is 838. The molecule has 0 fully saturated rings.